The van der Waals surface area contributed by atoms with E-state index in [-0.39, 0.29) is 16.4 Å². The number of Topliss-reactive ketones (excluding diaryl/α,β-unsaturated/α-hetero) is 1. The van der Waals surface area contributed by atoms with Gasteiger partial charge in [-0.1, -0.05) is 115 Å². The zero-order chi connectivity index (χ0) is 24.2. The van der Waals surface area contributed by atoms with Crippen LogP contribution in [0.1, 0.15) is 80.6 Å². The van der Waals surface area contributed by atoms with E-state index in [0.29, 0.717) is 15.2 Å². The lowest BCUT2D eigenvalue weighted by Gasteiger charge is -2.35. The van der Waals surface area contributed by atoms with Crippen molar-refractivity contribution in [3.05, 3.63) is 94.5 Å². The van der Waals surface area contributed by atoms with Crippen LogP contribution in [-0.4, -0.2) is 5.78 Å². The van der Waals surface area contributed by atoms with E-state index in [4.69, 9.17) is 4.74 Å². The number of carbonyl (C=O) groups excluding carboxylic acids is 1. The number of hydrogen-bond acceptors (Lipinski definition) is 2. The summed E-state index contributed by atoms with van der Waals surface area (Å²) in [6, 6.07) is 23.0. The van der Waals surface area contributed by atoms with Gasteiger partial charge in [-0.25, -0.2) is 0 Å². The van der Waals surface area contributed by atoms with Gasteiger partial charge in [0.2, 0.25) is 0 Å². The van der Waals surface area contributed by atoms with Crippen molar-refractivity contribution in [3.63, 3.8) is 0 Å². The van der Waals surface area contributed by atoms with Crippen LogP contribution in [0, 0.1) is 6.92 Å². The van der Waals surface area contributed by atoms with Gasteiger partial charge in [0.25, 0.3) is 0 Å². The standard InChI is InChI=1S/C30H37O2P/c1-8-30(7,33-27-17-13-12-16-24(27)22(3)31)26-19-21(2)18-25(29(4,5)6)28(26)32-20-23-14-10-9-11-15-23/h9-19,33H,8,20H2,1-7H3. The summed E-state index contributed by atoms with van der Waals surface area (Å²) in [6.07, 6.45) is 0.951. The third kappa shape index (κ3) is 5.92. The first kappa shape index (κ1) is 25.2. The zero-order valence-corrected chi connectivity index (χ0v) is 22.1. The van der Waals surface area contributed by atoms with E-state index in [1.807, 2.05) is 24.3 Å². The van der Waals surface area contributed by atoms with Gasteiger partial charge in [-0.15, -0.1) is 0 Å². The van der Waals surface area contributed by atoms with Crippen molar-refractivity contribution in [2.45, 2.75) is 72.1 Å². The maximum Gasteiger partial charge on any atom is 0.160 e. The van der Waals surface area contributed by atoms with Crippen LogP contribution in [-0.2, 0) is 17.2 Å². The lowest BCUT2D eigenvalue weighted by Crippen LogP contribution is -2.24. The highest BCUT2D eigenvalue weighted by atomic mass is 31.1. The highest BCUT2D eigenvalue weighted by Crippen LogP contribution is 2.50. The Morgan fingerprint density at radius 1 is 0.909 bits per heavy atom. The van der Waals surface area contributed by atoms with Crippen LogP contribution in [0.25, 0.3) is 0 Å². The minimum absolute atomic E-state index is 0.0537. The molecule has 0 saturated heterocycles. The number of benzene rings is 3. The van der Waals surface area contributed by atoms with Crippen LogP contribution >= 0.6 is 8.58 Å². The molecule has 3 aromatic carbocycles. The van der Waals surface area contributed by atoms with Crippen molar-refractivity contribution < 1.29 is 9.53 Å². The van der Waals surface area contributed by atoms with Crippen molar-refractivity contribution in [2.75, 3.05) is 0 Å². The number of aryl methyl sites for hydroxylation is 1. The Bertz CT molecular complexity index is 1110. The molecule has 174 valence electrons. The second-order valence-electron chi connectivity index (χ2n) is 10.1. The van der Waals surface area contributed by atoms with E-state index in [1.165, 1.54) is 16.7 Å². The number of hydrogen-bond donors (Lipinski definition) is 0. The molecule has 3 heteroatoms. The lowest BCUT2D eigenvalue weighted by atomic mass is 9.81. The van der Waals surface area contributed by atoms with Crippen LogP contribution < -0.4 is 10.0 Å². The second-order valence-corrected chi connectivity index (χ2v) is 12.0. The zero-order valence-electron chi connectivity index (χ0n) is 21.1. The predicted molar refractivity (Wildman–Crippen MR) is 143 cm³/mol. The summed E-state index contributed by atoms with van der Waals surface area (Å²) < 4.78 is 6.64. The Hall–Kier alpha value is -2.44. The Kier molecular flexibility index (Phi) is 7.80. The molecule has 0 spiro atoms. The van der Waals surface area contributed by atoms with Gasteiger partial charge in [0.15, 0.2) is 5.78 Å². The Labute approximate surface area is 201 Å². The molecule has 0 aromatic heterocycles. The molecule has 0 N–H and O–H groups in total. The van der Waals surface area contributed by atoms with Gasteiger partial charge in [0.1, 0.15) is 12.4 Å². The molecule has 0 heterocycles. The monoisotopic (exact) mass is 460 g/mol. The predicted octanol–water partition coefficient (Wildman–Crippen LogP) is 7.70. The normalized spacial score (nSPS) is 13.8. The molecule has 3 rings (SSSR count). The van der Waals surface area contributed by atoms with Crippen molar-refractivity contribution >= 4 is 19.7 Å². The minimum Gasteiger partial charge on any atom is -0.488 e. The van der Waals surface area contributed by atoms with Crippen LogP contribution in [0.15, 0.2) is 66.7 Å². The van der Waals surface area contributed by atoms with E-state index >= 15 is 0 Å². The molecule has 0 aliphatic carbocycles. The molecule has 0 aliphatic rings. The van der Waals surface area contributed by atoms with Gasteiger partial charge in [-0.2, -0.15) is 0 Å². The van der Waals surface area contributed by atoms with E-state index < -0.39 is 0 Å². The number of carbonyl (C=O) groups is 1. The van der Waals surface area contributed by atoms with Gasteiger partial charge in [-0.3, -0.25) is 4.79 Å². The largest absolute Gasteiger partial charge is 0.488 e. The van der Waals surface area contributed by atoms with Crippen molar-refractivity contribution in [1.82, 2.24) is 0 Å². The Morgan fingerprint density at radius 2 is 1.52 bits per heavy atom. The molecule has 2 atom stereocenters. The highest BCUT2D eigenvalue weighted by molar-refractivity contribution is 7.48. The molecule has 2 nitrogen and oxygen atoms in total. The van der Waals surface area contributed by atoms with Gasteiger partial charge in [0.05, 0.1) is 0 Å². The van der Waals surface area contributed by atoms with Gasteiger partial charge in [0, 0.05) is 21.8 Å². The fraction of sp³-hybridized carbons (Fsp3) is 0.367. The molecule has 33 heavy (non-hydrogen) atoms. The summed E-state index contributed by atoms with van der Waals surface area (Å²) in [6.45, 7) is 15.7. The first-order valence-corrected chi connectivity index (χ1v) is 12.8. The van der Waals surface area contributed by atoms with Crippen molar-refractivity contribution in [3.8, 4) is 5.75 Å². The molecular weight excluding hydrogens is 423 g/mol. The molecule has 2 unspecified atom stereocenters. The third-order valence-corrected chi connectivity index (χ3v) is 8.17. The van der Waals surface area contributed by atoms with Crippen LogP contribution in [0.5, 0.6) is 5.75 Å². The van der Waals surface area contributed by atoms with E-state index in [9.17, 15) is 4.79 Å². The molecule has 0 radical (unpaired) electrons. The maximum absolute atomic E-state index is 12.3. The topological polar surface area (TPSA) is 26.3 Å². The number of ether oxygens (including phenoxy) is 1. The van der Waals surface area contributed by atoms with Crippen LogP contribution in [0.3, 0.4) is 0 Å². The molecule has 0 amide bonds. The van der Waals surface area contributed by atoms with Crippen LogP contribution in [0.4, 0.5) is 0 Å². The molecule has 0 bridgehead atoms. The van der Waals surface area contributed by atoms with Gasteiger partial charge in [-0.05, 0) is 36.6 Å². The maximum atomic E-state index is 12.3. The summed E-state index contributed by atoms with van der Waals surface area (Å²) in [5, 5.41) is 0.978. The summed E-state index contributed by atoms with van der Waals surface area (Å²) >= 11 is 0. The first-order valence-electron chi connectivity index (χ1n) is 11.8. The molecule has 0 fully saturated rings. The van der Waals surface area contributed by atoms with Crippen molar-refractivity contribution in [2.24, 2.45) is 0 Å². The second kappa shape index (κ2) is 10.2. The fourth-order valence-electron chi connectivity index (χ4n) is 4.17. The summed E-state index contributed by atoms with van der Waals surface area (Å²) in [5.41, 5.74) is 5.64. The quantitative estimate of drug-likeness (QED) is 0.254. The molecule has 0 saturated carbocycles. The summed E-state index contributed by atoms with van der Waals surface area (Å²) in [4.78, 5) is 12.3. The van der Waals surface area contributed by atoms with E-state index in [0.717, 1.165) is 28.6 Å². The number of ketones is 1. The SMILES string of the molecule is CCC(C)(Pc1ccccc1C(C)=O)c1cc(C)cc(C(C)(C)C)c1OCc1ccccc1. The highest BCUT2D eigenvalue weighted by Gasteiger charge is 2.33. The molecule has 0 aliphatic heterocycles. The Balaban J connectivity index is 2.14. The van der Waals surface area contributed by atoms with Crippen molar-refractivity contribution in [1.29, 1.82) is 0 Å². The third-order valence-electron chi connectivity index (χ3n) is 6.29. The van der Waals surface area contributed by atoms with E-state index in [1.54, 1.807) is 6.92 Å². The van der Waals surface area contributed by atoms with E-state index in [2.05, 4.69) is 84.0 Å². The smallest absolute Gasteiger partial charge is 0.160 e. The summed E-state index contributed by atoms with van der Waals surface area (Å²) in [5.74, 6) is 1.12. The first-order chi connectivity index (χ1) is 15.5. The summed E-state index contributed by atoms with van der Waals surface area (Å²) in [7, 11) is 0.460. The van der Waals surface area contributed by atoms with Gasteiger partial charge < -0.3 is 4.74 Å². The average Bonchev–Trinajstić information content (AvgIpc) is 2.78. The Morgan fingerprint density at radius 3 is 2.12 bits per heavy atom. The van der Waals surface area contributed by atoms with Crippen LogP contribution in [0.2, 0.25) is 0 Å². The fourth-order valence-corrected chi connectivity index (χ4v) is 5.83. The number of rotatable bonds is 8. The molecular formula is C30H37O2P. The minimum atomic E-state index is -0.149. The molecule has 3 aromatic rings. The average molecular weight is 461 g/mol. The lowest BCUT2D eigenvalue weighted by molar-refractivity contribution is 0.101. The van der Waals surface area contributed by atoms with Gasteiger partial charge >= 0.3 is 0 Å².